The number of allylic oxidation sites excluding steroid dienone is 1. The molecular weight excluding hydrogens is 348 g/mol. The van der Waals surface area contributed by atoms with Crippen LogP contribution in [0, 0.1) is 11.8 Å². The summed E-state index contributed by atoms with van der Waals surface area (Å²) in [5.41, 5.74) is 0. The molecule has 2 aliphatic heterocycles. The Bertz CT molecular complexity index is 440. The second kappa shape index (κ2) is 12.0. The number of carbonyl (C=O) groups is 1. The zero-order valence-electron chi connectivity index (χ0n) is 16.4. The fraction of sp³-hybridized carbons (Fsp3) is 0.857. The van der Waals surface area contributed by atoms with Crippen LogP contribution >= 0.6 is 11.8 Å². The van der Waals surface area contributed by atoms with Crippen LogP contribution in [0.2, 0.25) is 0 Å². The molecule has 5 atom stereocenters. The summed E-state index contributed by atoms with van der Waals surface area (Å²) in [7, 11) is 0. The molecule has 0 aliphatic carbocycles. The molecule has 2 heterocycles. The van der Waals surface area contributed by atoms with Crippen LogP contribution in [-0.2, 0) is 14.3 Å². The highest BCUT2D eigenvalue weighted by Gasteiger charge is 2.47. The summed E-state index contributed by atoms with van der Waals surface area (Å²) in [6.45, 7) is 5.96. The average Bonchev–Trinajstić information content (AvgIpc) is 3.21. The van der Waals surface area contributed by atoms with E-state index in [4.69, 9.17) is 14.6 Å². The molecule has 2 bridgehead atoms. The minimum Gasteiger partial charge on any atom is -0.481 e. The largest absolute Gasteiger partial charge is 0.481 e. The lowest BCUT2D eigenvalue weighted by Crippen LogP contribution is -2.29. The fourth-order valence-corrected chi connectivity index (χ4v) is 5.34. The van der Waals surface area contributed by atoms with Gasteiger partial charge in [-0.2, -0.15) is 11.8 Å². The third-order valence-electron chi connectivity index (χ3n) is 5.64. The summed E-state index contributed by atoms with van der Waals surface area (Å²) >= 11 is 1.92. The van der Waals surface area contributed by atoms with Crippen LogP contribution in [0.3, 0.4) is 0 Å². The Labute approximate surface area is 163 Å². The Balaban J connectivity index is 1.64. The molecule has 5 heteroatoms. The molecule has 2 saturated heterocycles. The number of hydrogen-bond acceptors (Lipinski definition) is 4. The highest BCUT2D eigenvalue weighted by Crippen LogP contribution is 2.47. The van der Waals surface area contributed by atoms with E-state index in [1.165, 1.54) is 19.3 Å². The SMILES string of the molecule is CC/C=C/CCOCCC1C2CCC(O2)C1CCSC(C)CCC(=O)O. The number of rotatable bonds is 14. The van der Waals surface area contributed by atoms with Gasteiger partial charge in [0.25, 0.3) is 0 Å². The van der Waals surface area contributed by atoms with Crippen molar-refractivity contribution in [2.24, 2.45) is 11.8 Å². The van der Waals surface area contributed by atoms with Gasteiger partial charge in [0, 0.05) is 18.3 Å². The molecule has 5 unspecified atom stereocenters. The van der Waals surface area contributed by atoms with Gasteiger partial charge in [-0.05, 0) is 62.5 Å². The lowest BCUT2D eigenvalue weighted by atomic mass is 9.76. The fourth-order valence-electron chi connectivity index (χ4n) is 4.24. The topological polar surface area (TPSA) is 55.8 Å². The van der Waals surface area contributed by atoms with Crippen LogP contribution in [0.5, 0.6) is 0 Å². The summed E-state index contributed by atoms with van der Waals surface area (Å²) in [5, 5.41) is 9.21. The van der Waals surface area contributed by atoms with E-state index in [9.17, 15) is 4.79 Å². The van der Waals surface area contributed by atoms with Crippen LogP contribution in [0.15, 0.2) is 12.2 Å². The number of carboxylic acids is 1. The normalized spacial score (nSPS) is 28.8. The molecule has 2 rings (SSSR count). The highest BCUT2D eigenvalue weighted by molar-refractivity contribution is 7.99. The van der Waals surface area contributed by atoms with Gasteiger partial charge in [0.05, 0.1) is 18.8 Å². The van der Waals surface area contributed by atoms with Gasteiger partial charge in [0.15, 0.2) is 0 Å². The third-order valence-corrected chi connectivity index (χ3v) is 6.91. The molecule has 26 heavy (non-hydrogen) atoms. The summed E-state index contributed by atoms with van der Waals surface area (Å²) in [5.74, 6) is 1.73. The molecular formula is C21H36O4S. The Kier molecular flexibility index (Phi) is 10.1. The van der Waals surface area contributed by atoms with Gasteiger partial charge >= 0.3 is 5.97 Å². The van der Waals surface area contributed by atoms with Crippen molar-refractivity contribution in [3.63, 3.8) is 0 Å². The molecule has 2 fully saturated rings. The van der Waals surface area contributed by atoms with Gasteiger partial charge in [-0.3, -0.25) is 4.79 Å². The highest BCUT2D eigenvalue weighted by atomic mass is 32.2. The van der Waals surface area contributed by atoms with E-state index in [1.807, 2.05) is 11.8 Å². The van der Waals surface area contributed by atoms with Gasteiger partial charge in [0.1, 0.15) is 0 Å². The zero-order valence-corrected chi connectivity index (χ0v) is 17.2. The number of fused-ring (bicyclic) bond motifs is 2. The maximum atomic E-state index is 10.7. The van der Waals surface area contributed by atoms with Crippen molar-refractivity contribution in [1.29, 1.82) is 0 Å². The molecule has 0 radical (unpaired) electrons. The van der Waals surface area contributed by atoms with E-state index < -0.39 is 5.97 Å². The molecule has 0 aromatic carbocycles. The van der Waals surface area contributed by atoms with Crippen LogP contribution in [-0.4, -0.2) is 47.5 Å². The number of carboxylic acid groups (broad SMARTS) is 1. The lowest BCUT2D eigenvalue weighted by Gasteiger charge is -2.28. The quantitative estimate of drug-likeness (QED) is 0.340. The van der Waals surface area contributed by atoms with E-state index >= 15 is 0 Å². The van der Waals surface area contributed by atoms with Crippen LogP contribution in [0.1, 0.15) is 65.2 Å². The van der Waals surface area contributed by atoms with E-state index in [-0.39, 0.29) is 6.42 Å². The van der Waals surface area contributed by atoms with Gasteiger partial charge in [-0.15, -0.1) is 0 Å². The Hall–Kier alpha value is -0.520. The molecule has 0 aromatic rings. The second-order valence-corrected chi connectivity index (χ2v) is 9.14. The van der Waals surface area contributed by atoms with Crippen molar-refractivity contribution >= 4 is 17.7 Å². The molecule has 4 nitrogen and oxygen atoms in total. The van der Waals surface area contributed by atoms with Gasteiger partial charge in [-0.1, -0.05) is 26.0 Å². The first-order valence-corrected chi connectivity index (χ1v) is 11.4. The lowest BCUT2D eigenvalue weighted by molar-refractivity contribution is -0.137. The predicted molar refractivity (Wildman–Crippen MR) is 108 cm³/mol. The number of ether oxygens (including phenoxy) is 2. The van der Waals surface area contributed by atoms with Gasteiger partial charge in [-0.25, -0.2) is 0 Å². The Morgan fingerprint density at radius 2 is 1.96 bits per heavy atom. The molecule has 0 saturated carbocycles. The van der Waals surface area contributed by atoms with E-state index in [0.717, 1.165) is 44.6 Å². The summed E-state index contributed by atoms with van der Waals surface area (Å²) in [4.78, 5) is 10.7. The van der Waals surface area contributed by atoms with Crippen LogP contribution < -0.4 is 0 Å². The third kappa shape index (κ3) is 7.24. The summed E-state index contributed by atoms with van der Waals surface area (Å²) < 4.78 is 12.0. The van der Waals surface area contributed by atoms with Crippen molar-refractivity contribution < 1.29 is 19.4 Å². The monoisotopic (exact) mass is 384 g/mol. The number of hydrogen-bond donors (Lipinski definition) is 1. The first-order valence-electron chi connectivity index (χ1n) is 10.3. The number of thioether (sulfide) groups is 1. The second-order valence-electron chi connectivity index (χ2n) is 7.59. The Morgan fingerprint density at radius 3 is 2.65 bits per heavy atom. The average molecular weight is 385 g/mol. The molecule has 150 valence electrons. The molecule has 0 spiro atoms. The molecule has 1 N–H and O–H groups in total. The summed E-state index contributed by atoms with van der Waals surface area (Å²) in [6, 6.07) is 0. The van der Waals surface area contributed by atoms with E-state index in [0.29, 0.717) is 29.3 Å². The zero-order chi connectivity index (χ0) is 18.8. The first kappa shape index (κ1) is 21.8. The minimum atomic E-state index is -0.691. The summed E-state index contributed by atoms with van der Waals surface area (Å²) in [6.07, 6.45) is 13.2. The van der Waals surface area contributed by atoms with Crippen LogP contribution in [0.25, 0.3) is 0 Å². The van der Waals surface area contributed by atoms with Gasteiger partial charge in [0.2, 0.25) is 0 Å². The maximum Gasteiger partial charge on any atom is 0.303 e. The first-order chi connectivity index (χ1) is 12.6. The van der Waals surface area contributed by atoms with Crippen molar-refractivity contribution in [3.8, 4) is 0 Å². The van der Waals surface area contributed by atoms with E-state index in [2.05, 4.69) is 26.0 Å². The smallest absolute Gasteiger partial charge is 0.303 e. The van der Waals surface area contributed by atoms with Crippen molar-refractivity contribution in [3.05, 3.63) is 12.2 Å². The van der Waals surface area contributed by atoms with Gasteiger partial charge < -0.3 is 14.6 Å². The van der Waals surface area contributed by atoms with Crippen molar-refractivity contribution in [2.45, 2.75) is 82.7 Å². The standard InChI is InChI=1S/C21H36O4S/c1-3-4-5-6-13-24-14-11-17-18(20-9-8-19(17)25-20)12-15-26-16(2)7-10-21(22)23/h4-5,16-20H,3,6-15H2,1-2H3,(H,22,23)/b5-4+. The minimum absolute atomic E-state index is 0.277. The van der Waals surface area contributed by atoms with Crippen LogP contribution in [0.4, 0.5) is 0 Å². The van der Waals surface area contributed by atoms with E-state index in [1.54, 1.807) is 0 Å². The Morgan fingerprint density at radius 1 is 1.23 bits per heavy atom. The molecule has 0 aromatic heterocycles. The number of aliphatic carboxylic acids is 1. The van der Waals surface area contributed by atoms with Crippen molar-refractivity contribution in [1.82, 2.24) is 0 Å². The maximum absolute atomic E-state index is 10.7. The molecule has 2 aliphatic rings. The predicted octanol–water partition coefficient (Wildman–Crippen LogP) is 4.92. The van der Waals surface area contributed by atoms with Crippen molar-refractivity contribution in [2.75, 3.05) is 19.0 Å². The molecule has 0 amide bonds.